The summed E-state index contributed by atoms with van der Waals surface area (Å²) in [5.41, 5.74) is 0.723. The standard InChI is InChI=1S/C7H6ClNO2S/c1-4-2-7(12)6(9(10)11)3-5(4)8/h2-3,12H,1H3. The molecule has 0 amide bonds. The van der Waals surface area contributed by atoms with Crippen molar-refractivity contribution in [3.8, 4) is 0 Å². The van der Waals surface area contributed by atoms with Crippen LogP contribution in [0.3, 0.4) is 0 Å². The lowest BCUT2D eigenvalue weighted by Crippen LogP contribution is -1.90. The molecule has 0 aromatic heterocycles. The molecule has 0 aliphatic rings. The molecule has 0 saturated carbocycles. The molecule has 0 heterocycles. The van der Waals surface area contributed by atoms with E-state index in [0.29, 0.717) is 9.92 Å². The Morgan fingerprint density at radius 1 is 1.58 bits per heavy atom. The predicted octanol–water partition coefficient (Wildman–Crippen LogP) is 2.85. The van der Waals surface area contributed by atoms with Gasteiger partial charge in [-0.2, -0.15) is 0 Å². The summed E-state index contributed by atoms with van der Waals surface area (Å²) in [6, 6.07) is 2.88. The Balaban J connectivity index is 3.33. The van der Waals surface area contributed by atoms with Gasteiger partial charge in [0.2, 0.25) is 0 Å². The van der Waals surface area contributed by atoms with Gasteiger partial charge in [-0.15, -0.1) is 12.6 Å². The van der Waals surface area contributed by atoms with Gasteiger partial charge in [-0.3, -0.25) is 10.1 Å². The van der Waals surface area contributed by atoms with Gasteiger partial charge in [0.15, 0.2) is 0 Å². The number of hydrogen-bond acceptors (Lipinski definition) is 3. The van der Waals surface area contributed by atoms with Crippen molar-refractivity contribution in [3.05, 3.63) is 32.8 Å². The average Bonchev–Trinajstić information content (AvgIpc) is 1.96. The number of halogens is 1. The summed E-state index contributed by atoms with van der Waals surface area (Å²) in [5, 5.41) is 10.8. The van der Waals surface area contributed by atoms with Crippen LogP contribution < -0.4 is 0 Å². The average molecular weight is 204 g/mol. The quantitative estimate of drug-likeness (QED) is 0.433. The summed E-state index contributed by atoms with van der Waals surface area (Å²) in [6.45, 7) is 1.77. The van der Waals surface area contributed by atoms with Gasteiger partial charge in [0.25, 0.3) is 5.69 Å². The molecule has 12 heavy (non-hydrogen) atoms. The van der Waals surface area contributed by atoms with Crippen LogP contribution in [0.1, 0.15) is 5.56 Å². The molecule has 0 spiro atoms. The largest absolute Gasteiger partial charge is 0.284 e. The third kappa shape index (κ3) is 1.70. The van der Waals surface area contributed by atoms with Crippen molar-refractivity contribution in [1.82, 2.24) is 0 Å². The fourth-order valence-electron chi connectivity index (χ4n) is 0.802. The molecule has 0 atom stereocenters. The number of hydrogen-bond donors (Lipinski definition) is 1. The van der Waals surface area contributed by atoms with Crippen molar-refractivity contribution >= 4 is 29.9 Å². The molecule has 0 aliphatic carbocycles. The van der Waals surface area contributed by atoms with E-state index < -0.39 is 4.92 Å². The van der Waals surface area contributed by atoms with Gasteiger partial charge in [-0.25, -0.2) is 0 Å². The number of nitro groups is 1. The minimum absolute atomic E-state index is 0.0612. The summed E-state index contributed by atoms with van der Waals surface area (Å²) < 4.78 is 0. The smallest absolute Gasteiger partial charge is 0.258 e. The first kappa shape index (κ1) is 9.35. The molecule has 1 aromatic carbocycles. The van der Waals surface area contributed by atoms with Gasteiger partial charge >= 0.3 is 0 Å². The zero-order chi connectivity index (χ0) is 9.30. The van der Waals surface area contributed by atoms with E-state index in [9.17, 15) is 10.1 Å². The van der Waals surface area contributed by atoms with Crippen LogP contribution in [0, 0.1) is 17.0 Å². The Bertz CT molecular complexity index is 340. The molecule has 64 valence electrons. The van der Waals surface area contributed by atoms with Gasteiger partial charge in [-0.1, -0.05) is 11.6 Å². The SMILES string of the molecule is Cc1cc(S)c([N+](=O)[O-])cc1Cl. The van der Waals surface area contributed by atoms with Crippen molar-refractivity contribution in [2.45, 2.75) is 11.8 Å². The molecule has 5 heteroatoms. The van der Waals surface area contributed by atoms with Crippen molar-refractivity contribution < 1.29 is 4.92 Å². The second-order valence-corrected chi connectivity index (χ2v) is 3.24. The molecule has 0 N–H and O–H groups in total. The monoisotopic (exact) mass is 203 g/mol. The zero-order valence-corrected chi connectivity index (χ0v) is 7.89. The van der Waals surface area contributed by atoms with E-state index >= 15 is 0 Å². The fourth-order valence-corrected chi connectivity index (χ4v) is 1.30. The molecular formula is C7H6ClNO2S. The zero-order valence-electron chi connectivity index (χ0n) is 6.24. The summed E-state index contributed by atoms with van der Waals surface area (Å²) in [4.78, 5) is 10.2. The second kappa shape index (κ2) is 3.33. The van der Waals surface area contributed by atoms with Gasteiger partial charge in [-0.05, 0) is 18.6 Å². The molecule has 3 nitrogen and oxygen atoms in total. The molecule has 0 fully saturated rings. The molecule has 0 saturated heterocycles. The first-order valence-corrected chi connectivity index (χ1v) is 3.98. The number of nitro benzene ring substituents is 1. The molecule has 0 bridgehead atoms. The Labute approximate surface area is 79.9 Å². The third-order valence-electron chi connectivity index (χ3n) is 1.45. The molecule has 1 aromatic rings. The predicted molar refractivity (Wildman–Crippen MR) is 50.1 cm³/mol. The van der Waals surface area contributed by atoms with E-state index in [0.717, 1.165) is 5.56 Å². The number of benzene rings is 1. The number of thiol groups is 1. The van der Waals surface area contributed by atoms with Crippen LogP contribution in [0.25, 0.3) is 0 Å². The Hall–Kier alpha value is -0.740. The normalized spacial score (nSPS) is 9.92. The molecular weight excluding hydrogens is 198 g/mol. The van der Waals surface area contributed by atoms with Crippen LogP contribution in [0.5, 0.6) is 0 Å². The summed E-state index contributed by atoms with van der Waals surface area (Å²) in [7, 11) is 0. The van der Waals surface area contributed by atoms with Crippen LogP contribution in [0.4, 0.5) is 5.69 Å². The summed E-state index contributed by atoms with van der Waals surface area (Å²) >= 11 is 9.65. The fraction of sp³-hybridized carbons (Fsp3) is 0.143. The molecule has 1 rings (SSSR count). The number of rotatable bonds is 1. The van der Waals surface area contributed by atoms with Crippen LogP contribution >= 0.6 is 24.2 Å². The Morgan fingerprint density at radius 2 is 2.17 bits per heavy atom. The lowest BCUT2D eigenvalue weighted by atomic mass is 10.2. The minimum Gasteiger partial charge on any atom is -0.258 e. The molecule has 0 unspecified atom stereocenters. The topological polar surface area (TPSA) is 43.1 Å². The Morgan fingerprint density at radius 3 is 2.67 bits per heavy atom. The second-order valence-electron chi connectivity index (χ2n) is 2.35. The maximum Gasteiger partial charge on any atom is 0.284 e. The first-order valence-electron chi connectivity index (χ1n) is 3.16. The van der Waals surface area contributed by atoms with E-state index in [1.165, 1.54) is 6.07 Å². The van der Waals surface area contributed by atoms with Gasteiger partial charge in [0.05, 0.1) is 14.8 Å². The van der Waals surface area contributed by atoms with E-state index in [1.807, 2.05) is 0 Å². The van der Waals surface area contributed by atoms with Crippen LogP contribution in [0.15, 0.2) is 17.0 Å². The summed E-state index contributed by atoms with van der Waals surface area (Å²) in [6.07, 6.45) is 0. The maximum atomic E-state index is 10.4. The van der Waals surface area contributed by atoms with E-state index in [1.54, 1.807) is 13.0 Å². The minimum atomic E-state index is -0.506. The highest BCUT2D eigenvalue weighted by Gasteiger charge is 2.12. The highest BCUT2D eigenvalue weighted by Crippen LogP contribution is 2.28. The van der Waals surface area contributed by atoms with Crippen LogP contribution in [0.2, 0.25) is 5.02 Å². The van der Waals surface area contributed by atoms with Crippen molar-refractivity contribution in [2.75, 3.05) is 0 Å². The van der Waals surface area contributed by atoms with E-state index in [-0.39, 0.29) is 5.69 Å². The maximum absolute atomic E-state index is 10.4. The van der Waals surface area contributed by atoms with Crippen molar-refractivity contribution in [1.29, 1.82) is 0 Å². The Kier molecular flexibility index (Phi) is 2.59. The van der Waals surface area contributed by atoms with Crippen molar-refractivity contribution in [2.24, 2.45) is 0 Å². The number of nitrogens with zero attached hydrogens (tertiary/aromatic N) is 1. The molecule has 0 aliphatic heterocycles. The van der Waals surface area contributed by atoms with E-state index in [4.69, 9.17) is 11.6 Å². The highest BCUT2D eigenvalue weighted by molar-refractivity contribution is 7.80. The van der Waals surface area contributed by atoms with Crippen LogP contribution in [-0.2, 0) is 0 Å². The first-order chi connectivity index (χ1) is 5.52. The highest BCUT2D eigenvalue weighted by atomic mass is 35.5. The van der Waals surface area contributed by atoms with Gasteiger partial charge in [0, 0.05) is 6.07 Å². The van der Waals surface area contributed by atoms with Gasteiger partial charge in [0.1, 0.15) is 0 Å². The lowest BCUT2D eigenvalue weighted by Gasteiger charge is -1.99. The molecule has 0 radical (unpaired) electrons. The van der Waals surface area contributed by atoms with Crippen molar-refractivity contribution in [3.63, 3.8) is 0 Å². The van der Waals surface area contributed by atoms with Crippen LogP contribution in [-0.4, -0.2) is 4.92 Å². The third-order valence-corrected chi connectivity index (χ3v) is 2.22. The lowest BCUT2D eigenvalue weighted by molar-refractivity contribution is -0.387. The number of aryl methyl sites for hydroxylation is 1. The van der Waals surface area contributed by atoms with Gasteiger partial charge < -0.3 is 0 Å². The summed E-state index contributed by atoms with van der Waals surface area (Å²) in [5.74, 6) is 0. The van der Waals surface area contributed by atoms with E-state index in [2.05, 4.69) is 12.6 Å².